The minimum Gasteiger partial charge on any atom is -0.383 e. The van der Waals surface area contributed by atoms with Gasteiger partial charge in [-0.2, -0.15) is 0 Å². The Morgan fingerprint density at radius 1 is 1.37 bits per heavy atom. The summed E-state index contributed by atoms with van der Waals surface area (Å²) in [6.45, 7) is 5.23. The number of carbonyl (C=O) groups excluding carboxylic acids is 1. The topological polar surface area (TPSA) is 87.3 Å². The monoisotopic (exact) mass is 405 g/mol. The Bertz CT molecular complexity index is 1010. The van der Waals surface area contributed by atoms with Crippen LogP contribution in [0.4, 0.5) is 5.69 Å². The third-order valence-corrected chi connectivity index (χ3v) is 6.44. The molecule has 3 rings (SSSR count). The number of benzene rings is 1. The molecule has 0 saturated heterocycles. The van der Waals surface area contributed by atoms with E-state index in [0.29, 0.717) is 24.2 Å². The summed E-state index contributed by atoms with van der Waals surface area (Å²) < 4.78 is 8.68. The molecule has 142 valence electrons. The molecule has 27 heavy (non-hydrogen) atoms. The Balaban J connectivity index is 1.72. The van der Waals surface area contributed by atoms with Crippen molar-refractivity contribution in [3.05, 3.63) is 51.3 Å². The molecule has 0 bridgehead atoms. The molecule has 0 unspecified atom stereocenters. The number of rotatable bonds is 8. The van der Waals surface area contributed by atoms with Crippen LogP contribution in [0, 0.1) is 24.0 Å². The number of Topliss-reactive ketones (excluding diaryl/α,β-unsaturated/α-hetero) is 1. The van der Waals surface area contributed by atoms with Gasteiger partial charge in [0.2, 0.25) is 0 Å². The standard InChI is InChI=1S/C18H19N3O4S2/c1-11-8-14(12(2)20(11)6-7-25-3)16(22)10-26-18-19-15-5-4-13(21(23)24)9-17(15)27-18/h4-5,8-9H,6-7,10H2,1-3H3. The van der Waals surface area contributed by atoms with Crippen molar-refractivity contribution in [3.8, 4) is 0 Å². The van der Waals surface area contributed by atoms with E-state index in [1.165, 1.54) is 35.2 Å². The van der Waals surface area contributed by atoms with Crippen molar-refractivity contribution < 1.29 is 14.5 Å². The average molecular weight is 406 g/mol. The summed E-state index contributed by atoms with van der Waals surface area (Å²) in [7, 11) is 1.66. The van der Waals surface area contributed by atoms with Crippen LogP contribution in [0.5, 0.6) is 0 Å². The van der Waals surface area contributed by atoms with E-state index in [4.69, 9.17) is 4.74 Å². The Morgan fingerprint density at radius 3 is 2.85 bits per heavy atom. The second kappa shape index (κ2) is 8.20. The van der Waals surface area contributed by atoms with Crippen molar-refractivity contribution in [3.63, 3.8) is 0 Å². The molecular weight excluding hydrogens is 386 g/mol. The van der Waals surface area contributed by atoms with Gasteiger partial charge in [-0.3, -0.25) is 14.9 Å². The van der Waals surface area contributed by atoms with Crippen LogP contribution >= 0.6 is 23.1 Å². The third kappa shape index (κ3) is 4.20. The minimum absolute atomic E-state index is 0.0435. The molecule has 2 aromatic heterocycles. The lowest BCUT2D eigenvalue weighted by atomic mass is 10.2. The minimum atomic E-state index is -0.422. The van der Waals surface area contributed by atoms with E-state index in [2.05, 4.69) is 9.55 Å². The number of nitrogens with zero attached hydrogens (tertiary/aromatic N) is 3. The van der Waals surface area contributed by atoms with E-state index in [9.17, 15) is 14.9 Å². The molecule has 0 aliphatic rings. The molecule has 0 spiro atoms. The lowest BCUT2D eigenvalue weighted by molar-refractivity contribution is -0.384. The normalized spacial score (nSPS) is 11.2. The number of thiazole rings is 1. The number of methoxy groups -OCH3 is 1. The van der Waals surface area contributed by atoms with Gasteiger partial charge >= 0.3 is 0 Å². The van der Waals surface area contributed by atoms with Crippen molar-refractivity contribution >= 4 is 44.8 Å². The number of ether oxygens (including phenoxy) is 1. The quantitative estimate of drug-likeness (QED) is 0.241. The summed E-state index contributed by atoms with van der Waals surface area (Å²) in [6, 6.07) is 6.51. The van der Waals surface area contributed by atoms with Crippen molar-refractivity contribution in [2.75, 3.05) is 19.5 Å². The number of aryl methyl sites for hydroxylation is 1. The Morgan fingerprint density at radius 2 is 2.15 bits per heavy atom. The average Bonchev–Trinajstić information content (AvgIpc) is 3.17. The lowest BCUT2D eigenvalue weighted by Gasteiger charge is -2.08. The van der Waals surface area contributed by atoms with Crippen molar-refractivity contribution in [1.82, 2.24) is 9.55 Å². The Kier molecular flexibility index (Phi) is 5.93. The van der Waals surface area contributed by atoms with E-state index in [1.807, 2.05) is 19.9 Å². The van der Waals surface area contributed by atoms with Gasteiger partial charge in [-0.15, -0.1) is 11.3 Å². The van der Waals surface area contributed by atoms with Gasteiger partial charge in [0.25, 0.3) is 5.69 Å². The molecule has 9 heteroatoms. The van der Waals surface area contributed by atoms with E-state index in [1.54, 1.807) is 13.2 Å². The highest BCUT2D eigenvalue weighted by Crippen LogP contribution is 2.32. The fourth-order valence-electron chi connectivity index (χ4n) is 2.88. The van der Waals surface area contributed by atoms with Crippen LogP contribution in [0.25, 0.3) is 10.2 Å². The van der Waals surface area contributed by atoms with Crippen LogP contribution in [0.1, 0.15) is 21.7 Å². The number of carbonyl (C=O) groups is 1. The second-order valence-electron chi connectivity index (χ2n) is 6.03. The van der Waals surface area contributed by atoms with E-state index in [-0.39, 0.29) is 17.2 Å². The first-order valence-electron chi connectivity index (χ1n) is 8.27. The number of nitro benzene ring substituents is 1. The number of thioether (sulfide) groups is 1. The zero-order valence-corrected chi connectivity index (χ0v) is 16.9. The number of non-ortho nitro benzene ring substituents is 1. The first-order valence-corrected chi connectivity index (χ1v) is 10.1. The van der Waals surface area contributed by atoms with Crippen LogP contribution in [0.15, 0.2) is 28.6 Å². The highest BCUT2D eigenvalue weighted by molar-refractivity contribution is 8.01. The summed E-state index contributed by atoms with van der Waals surface area (Å²) in [5, 5.41) is 10.9. The molecule has 0 fully saturated rings. The fourth-order valence-corrected chi connectivity index (χ4v) is 4.87. The fraction of sp³-hybridized carbons (Fsp3) is 0.333. The molecule has 7 nitrogen and oxygen atoms in total. The SMILES string of the molecule is COCCn1c(C)cc(C(=O)CSc2nc3ccc([N+](=O)[O-])cc3s2)c1C. The molecule has 3 aromatic rings. The molecule has 0 radical (unpaired) electrons. The van der Waals surface area contributed by atoms with Gasteiger partial charge in [0.15, 0.2) is 10.1 Å². The van der Waals surface area contributed by atoms with E-state index < -0.39 is 4.92 Å². The van der Waals surface area contributed by atoms with Crippen LogP contribution in [0.2, 0.25) is 0 Å². The Hall–Kier alpha value is -2.23. The molecule has 0 aliphatic carbocycles. The largest absolute Gasteiger partial charge is 0.383 e. The third-order valence-electron chi connectivity index (χ3n) is 4.28. The van der Waals surface area contributed by atoms with Crippen LogP contribution in [-0.4, -0.2) is 39.7 Å². The highest BCUT2D eigenvalue weighted by atomic mass is 32.2. The molecular formula is C18H19N3O4S2. The summed E-state index contributed by atoms with van der Waals surface area (Å²) in [5.41, 5.74) is 3.44. The summed E-state index contributed by atoms with van der Waals surface area (Å²) >= 11 is 2.72. The molecule has 0 aliphatic heterocycles. The first kappa shape index (κ1) is 19.5. The van der Waals surface area contributed by atoms with Gasteiger partial charge in [-0.05, 0) is 26.0 Å². The van der Waals surface area contributed by atoms with Gasteiger partial charge in [-0.1, -0.05) is 11.8 Å². The summed E-state index contributed by atoms with van der Waals surface area (Å²) in [6.07, 6.45) is 0. The number of aromatic nitrogens is 2. The van der Waals surface area contributed by atoms with Crippen LogP contribution < -0.4 is 0 Å². The maximum Gasteiger partial charge on any atom is 0.270 e. The lowest BCUT2D eigenvalue weighted by Crippen LogP contribution is -2.09. The molecule has 0 N–H and O–H groups in total. The molecule has 0 amide bonds. The van der Waals surface area contributed by atoms with Crippen molar-refractivity contribution in [1.29, 1.82) is 0 Å². The van der Waals surface area contributed by atoms with Crippen molar-refractivity contribution in [2.24, 2.45) is 0 Å². The predicted molar refractivity (Wildman–Crippen MR) is 107 cm³/mol. The number of ketones is 1. The smallest absolute Gasteiger partial charge is 0.270 e. The van der Waals surface area contributed by atoms with Crippen molar-refractivity contribution in [2.45, 2.75) is 24.7 Å². The predicted octanol–water partition coefficient (Wildman–Crippen LogP) is 4.24. The van der Waals surface area contributed by atoms with E-state index >= 15 is 0 Å². The molecule has 1 aromatic carbocycles. The number of hydrogen-bond acceptors (Lipinski definition) is 7. The maximum atomic E-state index is 12.7. The first-order chi connectivity index (χ1) is 12.9. The van der Waals surface area contributed by atoms with E-state index in [0.717, 1.165) is 20.4 Å². The molecule has 0 saturated carbocycles. The molecule has 2 heterocycles. The number of nitro groups is 1. The summed E-state index contributed by atoms with van der Waals surface area (Å²) in [4.78, 5) is 27.6. The number of fused-ring (bicyclic) bond motifs is 1. The van der Waals surface area contributed by atoms with Crippen LogP contribution in [-0.2, 0) is 11.3 Å². The zero-order chi connectivity index (χ0) is 19.6. The number of hydrogen-bond donors (Lipinski definition) is 0. The molecule has 0 atom stereocenters. The summed E-state index contributed by atoms with van der Waals surface area (Å²) in [5.74, 6) is 0.318. The maximum absolute atomic E-state index is 12.7. The Labute approximate surface area is 164 Å². The van der Waals surface area contributed by atoms with Gasteiger partial charge in [0.1, 0.15) is 0 Å². The van der Waals surface area contributed by atoms with Gasteiger partial charge < -0.3 is 9.30 Å². The van der Waals surface area contributed by atoms with Gasteiger partial charge in [0, 0.05) is 42.7 Å². The zero-order valence-electron chi connectivity index (χ0n) is 15.2. The second-order valence-corrected chi connectivity index (χ2v) is 8.28. The van der Waals surface area contributed by atoms with Gasteiger partial charge in [0.05, 0.1) is 27.5 Å². The van der Waals surface area contributed by atoms with Crippen LogP contribution in [0.3, 0.4) is 0 Å². The highest BCUT2D eigenvalue weighted by Gasteiger charge is 2.17. The van der Waals surface area contributed by atoms with Gasteiger partial charge in [-0.25, -0.2) is 4.98 Å².